The fourth-order valence-electron chi connectivity index (χ4n) is 3.25. The van der Waals surface area contributed by atoms with E-state index >= 15 is 4.39 Å². The standard InChI is InChI=1S/C22H20ClF5N4O5/c1-4-31-17(9-33)30-32(21(31)35)14-8-16(37-10(2)22(26,27)28)11(7-13(14)25)20(34)29-19-12(24)5-6-15(36-3)18(19)23/h5-8,10,33H,4,9H2,1-3H3,(H,29,34)/t10-/m0/s1. The second-order valence-corrected chi connectivity index (χ2v) is 7.89. The van der Waals surface area contributed by atoms with E-state index in [1.165, 1.54) is 13.2 Å². The van der Waals surface area contributed by atoms with Gasteiger partial charge in [-0.15, -0.1) is 5.10 Å². The Morgan fingerprint density at radius 2 is 1.89 bits per heavy atom. The van der Waals surface area contributed by atoms with Crippen molar-refractivity contribution in [2.45, 2.75) is 39.3 Å². The number of nitrogens with zero attached hydrogens (tertiary/aromatic N) is 3. The molecule has 0 aliphatic heterocycles. The maximum absolute atomic E-state index is 15.1. The lowest BCUT2D eigenvalue weighted by Gasteiger charge is -2.20. The summed E-state index contributed by atoms with van der Waals surface area (Å²) in [7, 11) is 1.23. The summed E-state index contributed by atoms with van der Waals surface area (Å²) in [5, 5.41) is 14.9. The number of anilines is 1. The summed E-state index contributed by atoms with van der Waals surface area (Å²) in [5.74, 6) is -4.47. The summed E-state index contributed by atoms with van der Waals surface area (Å²) in [5.41, 5.74) is -2.89. The largest absolute Gasteiger partial charge is 0.495 e. The Bertz CT molecular complexity index is 1390. The normalized spacial score (nSPS) is 12.4. The van der Waals surface area contributed by atoms with E-state index in [0.29, 0.717) is 23.7 Å². The third kappa shape index (κ3) is 5.54. The Labute approximate surface area is 211 Å². The molecule has 0 bridgehead atoms. The smallest absolute Gasteiger partial charge is 0.425 e. The molecule has 0 aliphatic rings. The average molecular weight is 551 g/mol. The number of amides is 1. The van der Waals surface area contributed by atoms with Crippen LogP contribution in [-0.4, -0.2) is 44.8 Å². The molecule has 0 unspecified atom stereocenters. The molecule has 2 aromatic carbocycles. The molecule has 1 heterocycles. The number of aliphatic hydroxyl groups excluding tert-OH is 1. The molecule has 9 nitrogen and oxygen atoms in total. The molecule has 2 N–H and O–H groups in total. The van der Waals surface area contributed by atoms with E-state index in [9.17, 15) is 32.3 Å². The Morgan fingerprint density at radius 1 is 1.22 bits per heavy atom. The third-order valence-corrected chi connectivity index (χ3v) is 5.57. The lowest BCUT2D eigenvalue weighted by atomic mass is 10.1. The first-order chi connectivity index (χ1) is 17.3. The van der Waals surface area contributed by atoms with Crippen molar-refractivity contribution >= 4 is 23.2 Å². The van der Waals surface area contributed by atoms with Crippen LogP contribution >= 0.6 is 11.6 Å². The highest BCUT2D eigenvalue weighted by Gasteiger charge is 2.39. The van der Waals surface area contributed by atoms with Crippen molar-refractivity contribution in [2.75, 3.05) is 12.4 Å². The maximum atomic E-state index is 15.1. The van der Waals surface area contributed by atoms with Crippen LogP contribution in [0.3, 0.4) is 0 Å². The van der Waals surface area contributed by atoms with Gasteiger partial charge in [-0.05, 0) is 32.0 Å². The zero-order chi connectivity index (χ0) is 27.7. The van der Waals surface area contributed by atoms with E-state index in [0.717, 1.165) is 10.6 Å². The number of carbonyl (C=O) groups excluding carboxylic acids is 1. The fraction of sp³-hybridized carbons (Fsp3) is 0.318. The van der Waals surface area contributed by atoms with E-state index in [1.54, 1.807) is 6.92 Å². The SMILES string of the molecule is CCn1c(CO)nn(-c2cc(O[C@@H](C)C(F)(F)F)c(C(=O)Nc3c(F)ccc(OC)c3Cl)cc2F)c1=O. The highest BCUT2D eigenvalue weighted by Crippen LogP contribution is 2.36. The number of ether oxygens (including phenoxy) is 2. The number of benzene rings is 2. The number of hydrogen-bond donors (Lipinski definition) is 2. The summed E-state index contributed by atoms with van der Waals surface area (Å²) in [4.78, 5) is 25.6. The van der Waals surface area contributed by atoms with Gasteiger partial charge in [0.05, 0.1) is 18.4 Å². The molecule has 1 atom stereocenters. The van der Waals surface area contributed by atoms with E-state index in [2.05, 4.69) is 10.4 Å². The first-order valence-electron chi connectivity index (χ1n) is 10.5. The van der Waals surface area contributed by atoms with Gasteiger partial charge in [-0.25, -0.2) is 13.6 Å². The average Bonchev–Trinajstić information content (AvgIpc) is 3.16. The molecular formula is C22H20ClF5N4O5. The number of rotatable bonds is 8. The van der Waals surface area contributed by atoms with Crippen LogP contribution in [0.2, 0.25) is 5.02 Å². The second kappa shape index (κ2) is 10.8. The highest BCUT2D eigenvalue weighted by molar-refractivity contribution is 6.35. The minimum Gasteiger partial charge on any atom is -0.495 e. The van der Waals surface area contributed by atoms with Crippen molar-refractivity contribution in [3.05, 3.63) is 62.8 Å². The van der Waals surface area contributed by atoms with E-state index < -0.39 is 64.8 Å². The van der Waals surface area contributed by atoms with Gasteiger partial charge in [0.25, 0.3) is 5.91 Å². The van der Waals surface area contributed by atoms with Gasteiger partial charge in [-0.2, -0.15) is 17.9 Å². The van der Waals surface area contributed by atoms with Gasteiger partial charge in [0.1, 0.15) is 40.5 Å². The zero-order valence-corrected chi connectivity index (χ0v) is 20.2. The predicted molar refractivity (Wildman–Crippen MR) is 121 cm³/mol. The van der Waals surface area contributed by atoms with E-state index in [-0.39, 0.29) is 23.1 Å². The van der Waals surface area contributed by atoms with Crippen molar-refractivity contribution in [1.82, 2.24) is 14.3 Å². The topological polar surface area (TPSA) is 108 Å². The van der Waals surface area contributed by atoms with Crippen LogP contribution in [0.25, 0.3) is 5.69 Å². The van der Waals surface area contributed by atoms with Crippen LogP contribution in [0.5, 0.6) is 11.5 Å². The van der Waals surface area contributed by atoms with Crippen molar-refractivity contribution in [1.29, 1.82) is 0 Å². The molecule has 3 aromatic rings. The monoisotopic (exact) mass is 550 g/mol. The molecule has 200 valence electrons. The Hall–Kier alpha value is -3.65. The van der Waals surface area contributed by atoms with Gasteiger partial charge < -0.3 is 19.9 Å². The Balaban J connectivity index is 2.16. The second-order valence-electron chi connectivity index (χ2n) is 7.51. The van der Waals surface area contributed by atoms with Gasteiger partial charge in [0.15, 0.2) is 11.9 Å². The highest BCUT2D eigenvalue weighted by atomic mass is 35.5. The number of alkyl halides is 3. The van der Waals surface area contributed by atoms with Crippen molar-refractivity contribution in [3.63, 3.8) is 0 Å². The van der Waals surface area contributed by atoms with Crippen molar-refractivity contribution < 1.29 is 41.3 Å². The summed E-state index contributed by atoms with van der Waals surface area (Å²) in [6.07, 6.45) is -7.35. The van der Waals surface area contributed by atoms with Gasteiger partial charge in [0, 0.05) is 12.6 Å². The Kier molecular flexibility index (Phi) is 8.12. The van der Waals surface area contributed by atoms with Crippen LogP contribution in [0, 0.1) is 11.6 Å². The van der Waals surface area contributed by atoms with Gasteiger partial charge in [-0.3, -0.25) is 9.36 Å². The molecule has 1 aromatic heterocycles. The molecule has 0 saturated carbocycles. The van der Waals surface area contributed by atoms with Crippen LogP contribution in [0.4, 0.5) is 27.6 Å². The summed E-state index contributed by atoms with van der Waals surface area (Å²) >= 11 is 6.03. The van der Waals surface area contributed by atoms with Crippen LogP contribution < -0.4 is 20.5 Å². The quantitative estimate of drug-likeness (QED) is 0.410. The molecule has 0 aliphatic carbocycles. The molecule has 0 fully saturated rings. The van der Waals surface area contributed by atoms with E-state index in [1.807, 2.05) is 0 Å². The van der Waals surface area contributed by atoms with Crippen LogP contribution in [0.1, 0.15) is 30.0 Å². The summed E-state index contributed by atoms with van der Waals surface area (Å²) < 4.78 is 80.6. The number of carbonyl (C=O) groups is 1. The molecule has 0 spiro atoms. The van der Waals surface area contributed by atoms with Gasteiger partial charge >= 0.3 is 11.9 Å². The van der Waals surface area contributed by atoms with E-state index in [4.69, 9.17) is 21.1 Å². The molecule has 37 heavy (non-hydrogen) atoms. The summed E-state index contributed by atoms with van der Waals surface area (Å²) in [6.45, 7) is 1.57. The number of hydrogen-bond acceptors (Lipinski definition) is 6. The zero-order valence-electron chi connectivity index (χ0n) is 19.5. The van der Waals surface area contributed by atoms with Crippen molar-refractivity contribution in [3.8, 4) is 17.2 Å². The fourth-order valence-corrected chi connectivity index (χ4v) is 3.53. The first kappa shape index (κ1) is 27.9. The number of methoxy groups -OCH3 is 1. The minimum atomic E-state index is -4.88. The minimum absolute atomic E-state index is 0.0207. The summed E-state index contributed by atoms with van der Waals surface area (Å²) in [6, 6.07) is 3.27. The number of halogens is 6. The van der Waals surface area contributed by atoms with Gasteiger partial charge in [0.2, 0.25) is 0 Å². The Morgan fingerprint density at radius 3 is 2.43 bits per heavy atom. The molecule has 3 rings (SSSR count). The van der Waals surface area contributed by atoms with Gasteiger partial charge in [-0.1, -0.05) is 11.6 Å². The molecule has 0 radical (unpaired) electrons. The maximum Gasteiger partial charge on any atom is 0.425 e. The van der Waals surface area contributed by atoms with Crippen LogP contribution in [0.15, 0.2) is 29.1 Å². The third-order valence-electron chi connectivity index (χ3n) is 5.20. The lowest BCUT2D eigenvalue weighted by molar-refractivity contribution is -0.189. The molecular weight excluding hydrogens is 531 g/mol. The number of aliphatic hydroxyl groups is 1. The first-order valence-corrected chi connectivity index (χ1v) is 10.9. The van der Waals surface area contributed by atoms with Crippen molar-refractivity contribution in [2.24, 2.45) is 0 Å². The number of nitrogens with one attached hydrogen (secondary N) is 1. The molecule has 1 amide bonds. The molecule has 15 heteroatoms. The lowest BCUT2D eigenvalue weighted by Crippen LogP contribution is -2.32. The number of aromatic nitrogens is 3. The van der Waals surface area contributed by atoms with Crippen LogP contribution in [-0.2, 0) is 13.2 Å². The molecule has 0 saturated heterocycles. The predicted octanol–water partition coefficient (Wildman–Crippen LogP) is 4.07.